The molecule has 4 atom stereocenters. The Kier molecular flexibility index (Phi) is 6.10. The van der Waals surface area contributed by atoms with Crippen molar-refractivity contribution in [2.45, 2.75) is 31.1 Å². The van der Waals surface area contributed by atoms with Gasteiger partial charge in [0.15, 0.2) is 29.3 Å². The van der Waals surface area contributed by atoms with Crippen LogP contribution in [0.2, 0.25) is 0 Å². The van der Waals surface area contributed by atoms with Gasteiger partial charge in [-0.1, -0.05) is 12.1 Å². The van der Waals surface area contributed by atoms with Gasteiger partial charge in [0.2, 0.25) is 0 Å². The molecular weight excluding hydrogens is 507 g/mol. The number of carbonyl (C=O) groups excluding carboxylic acids is 1. The highest BCUT2D eigenvalue weighted by Crippen LogP contribution is 2.32. The summed E-state index contributed by atoms with van der Waals surface area (Å²) >= 11 is 2.25. The third-order valence-corrected chi connectivity index (χ3v) is 5.35. The predicted molar refractivity (Wildman–Crippen MR) is 113 cm³/mol. The molecule has 12 heteroatoms. The number of aliphatic hydroxyl groups excluding tert-OH is 2. The van der Waals surface area contributed by atoms with Gasteiger partial charge in [-0.3, -0.25) is 14.2 Å². The van der Waals surface area contributed by atoms with E-state index in [2.05, 4.69) is 59.2 Å². The first kappa shape index (κ1) is 20.9. The Bertz CT molecular complexity index is 1060. The molecule has 1 aliphatic heterocycles. The van der Waals surface area contributed by atoms with Crippen molar-refractivity contribution < 1.29 is 24.6 Å². The zero-order chi connectivity index (χ0) is 21.3. The van der Waals surface area contributed by atoms with E-state index in [4.69, 9.17) is 4.74 Å². The summed E-state index contributed by atoms with van der Waals surface area (Å²) in [7, 11) is 1.26. The number of hydrogen-bond donors (Lipinski definition) is 4. The molecule has 3 heterocycles. The van der Waals surface area contributed by atoms with Gasteiger partial charge in [0, 0.05) is 10.1 Å². The second-order valence-corrected chi connectivity index (χ2v) is 7.87. The average molecular weight is 526 g/mol. The van der Waals surface area contributed by atoms with Gasteiger partial charge in [-0.05, 0) is 40.3 Å². The molecule has 1 fully saturated rings. The van der Waals surface area contributed by atoms with Crippen LogP contribution in [-0.2, 0) is 20.9 Å². The molecule has 11 nitrogen and oxygen atoms in total. The zero-order valence-electron chi connectivity index (χ0n) is 15.8. The van der Waals surface area contributed by atoms with Crippen molar-refractivity contribution in [3.05, 3.63) is 46.1 Å². The molecule has 1 saturated heterocycles. The van der Waals surface area contributed by atoms with Crippen LogP contribution in [0.4, 0.5) is 5.82 Å². The lowest BCUT2D eigenvalue weighted by Crippen LogP contribution is -2.42. The Labute approximate surface area is 184 Å². The summed E-state index contributed by atoms with van der Waals surface area (Å²) < 4.78 is 8.17. The highest BCUT2D eigenvalue weighted by atomic mass is 127. The van der Waals surface area contributed by atoms with E-state index in [9.17, 15) is 15.0 Å². The quantitative estimate of drug-likeness (QED) is 0.264. The predicted octanol–water partition coefficient (Wildman–Crippen LogP) is 0.340. The smallest absolute Gasteiger partial charge is 0.275 e. The monoisotopic (exact) mass is 526 g/mol. The Balaban J connectivity index is 1.58. The van der Waals surface area contributed by atoms with Crippen LogP contribution < -0.4 is 10.8 Å². The first-order valence-electron chi connectivity index (χ1n) is 9.00. The van der Waals surface area contributed by atoms with E-state index in [1.165, 1.54) is 24.3 Å². The van der Waals surface area contributed by atoms with Crippen LogP contribution in [0.5, 0.6) is 0 Å². The lowest BCUT2D eigenvalue weighted by atomic mass is 10.1. The first-order valence-corrected chi connectivity index (χ1v) is 10.1. The molecule has 1 aliphatic rings. The third kappa shape index (κ3) is 3.96. The van der Waals surface area contributed by atoms with Crippen LogP contribution in [0.25, 0.3) is 11.2 Å². The second-order valence-electron chi connectivity index (χ2n) is 6.63. The third-order valence-electron chi connectivity index (χ3n) is 4.68. The number of aromatic nitrogens is 4. The molecule has 3 unspecified atom stereocenters. The number of anilines is 1. The molecular formula is C18H19IN6O5. The number of hydroxylamine groups is 1. The van der Waals surface area contributed by atoms with Crippen molar-refractivity contribution in [2.24, 2.45) is 0 Å². The Morgan fingerprint density at radius 2 is 2.13 bits per heavy atom. The molecule has 158 valence electrons. The van der Waals surface area contributed by atoms with Gasteiger partial charge in [-0.25, -0.2) is 20.4 Å². The summed E-state index contributed by atoms with van der Waals surface area (Å²) in [4.78, 5) is 29.4. The van der Waals surface area contributed by atoms with Gasteiger partial charge >= 0.3 is 0 Å². The number of carbonyl (C=O) groups is 1. The highest BCUT2D eigenvalue weighted by molar-refractivity contribution is 14.1. The number of ether oxygens (including phenoxy) is 1. The molecule has 0 radical (unpaired) electrons. The molecule has 0 bridgehead atoms. The van der Waals surface area contributed by atoms with Crippen LogP contribution in [-0.4, -0.2) is 61.1 Å². The lowest BCUT2D eigenvalue weighted by molar-refractivity contribution is -0.148. The summed E-state index contributed by atoms with van der Waals surface area (Å²) in [6, 6.07) is 8.04. The van der Waals surface area contributed by atoms with Crippen LogP contribution in [0.3, 0.4) is 0 Å². The Morgan fingerprint density at radius 1 is 1.30 bits per heavy atom. The SMILES string of the molecule is CONC(=O)[C@@H]1OC(n2cnc3c(NCc4cccc(I)c4)ncnc32)C(O)C1O. The average Bonchev–Trinajstić information content (AvgIpc) is 3.28. The Hall–Kier alpha value is -2.39. The van der Waals surface area contributed by atoms with Gasteiger partial charge < -0.3 is 20.3 Å². The summed E-state index contributed by atoms with van der Waals surface area (Å²) in [6.45, 7) is 0.538. The van der Waals surface area contributed by atoms with E-state index in [1.54, 1.807) is 0 Å². The molecule has 1 aromatic carbocycles. The largest absolute Gasteiger partial charge is 0.387 e. The van der Waals surface area contributed by atoms with Crippen molar-refractivity contribution >= 4 is 45.5 Å². The number of imidazole rings is 1. The van der Waals surface area contributed by atoms with Crippen molar-refractivity contribution in [1.82, 2.24) is 25.0 Å². The van der Waals surface area contributed by atoms with Gasteiger partial charge in [0.1, 0.15) is 18.5 Å². The number of rotatable bonds is 6. The van der Waals surface area contributed by atoms with Gasteiger partial charge in [-0.2, -0.15) is 0 Å². The molecule has 3 aromatic rings. The van der Waals surface area contributed by atoms with E-state index in [0.29, 0.717) is 23.5 Å². The topological polar surface area (TPSA) is 144 Å². The van der Waals surface area contributed by atoms with Gasteiger partial charge in [-0.15, -0.1) is 0 Å². The minimum atomic E-state index is -1.44. The van der Waals surface area contributed by atoms with Crippen molar-refractivity contribution in [2.75, 3.05) is 12.4 Å². The molecule has 0 saturated carbocycles. The van der Waals surface area contributed by atoms with Gasteiger partial charge in [0.25, 0.3) is 5.91 Å². The molecule has 30 heavy (non-hydrogen) atoms. The van der Waals surface area contributed by atoms with E-state index in [0.717, 1.165) is 9.13 Å². The van der Waals surface area contributed by atoms with Crippen LogP contribution in [0.1, 0.15) is 11.8 Å². The number of halogens is 1. The van der Waals surface area contributed by atoms with Crippen LogP contribution in [0.15, 0.2) is 36.9 Å². The second kappa shape index (κ2) is 8.77. The minimum Gasteiger partial charge on any atom is -0.387 e. The standard InChI is InChI=1S/C18H19IN6O5/c1-29-24-17(28)14-12(26)13(27)18(30-14)25-8-23-11-15(21-7-22-16(11)25)20-6-9-3-2-4-10(19)5-9/h2-5,7-8,12-14,18,26-27H,6H2,1H3,(H,24,28)(H,20,21,22)/t12?,13?,14-,18?/m1/s1. The number of fused-ring (bicyclic) bond motifs is 1. The first-order chi connectivity index (χ1) is 14.5. The summed E-state index contributed by atoms with van der Waals surface area (Å²) in [5.41, 5.74) is 4.03. The van der Waals surface area contributed by atoms with E-state index in [1.807, 2.05) is 18.2 Å². The highest BCUT2D eigenvalue weighted by Gasteiger charge is 2.48. The number of benzene rings is 1. The zero-order valence-corrected chi connectivity index (χ0v) is 17.9. The summed E-state index contributed by atoms with van der Waals surface area (Å²) in [5.74, 6) is -0.190. The Morgan fingerprint density at radius 3 is 2.90 bits per heavy atom. The number of amides is 1. The van der Waals surface area contributed by atoms with Crippen molar-refractivity contribution in [3.63, 3.8) is 0 Å². The molecule has 4 rings (SSSR count). The fraction of sp³-hybridized carbons (Fsp3) is 0.333. The number of nitrogens with one attached hydrogen (secondary N) is 2. The molecule has 4 N–H and O–H groups in total. The van der Waals surface area contributed by atoms with Crippen LogP contribution in [0, 0.1) is 3.57 Å². The maximum atomic E-state index is 12.0. The number of nitrogens with zero attached hydrogens (tertiary/aromatic N) is 4. The summed E-state index contributed by atoms with van der Waals surface area (Å²) in [6.07, 6.45) is -2.38. The van der Waals surface area contributed by atoms with E-state index in [-0.39, 0.29) is 0 Å². The summed E-state index contributed by atoms with van der Waals surface area (Å²) in [5, 5.41) is 23.9. The maximum absolute atomic E-state index is 12.0. The fourth-order valence-electron chi connectivity index (χ4n) is 3.26. The maximum Gasteiger partial charge on any atom is 0.275 e. The molecule has 0 aliphatic carbocycles. The van der Waals surface area contributed by atoms with E-state index >= 15 is 0 Å². The number of hydrogen-bond acceptors (Lipinski definition) is 9. The fourth-order valence-corrected chi connectivity index (χ4v) is 3.87. The van der Waals surface area contributed by atoms with Gasteiger partial charge in [0.05, 0.1) is 13.4 Å². The van der Waals surface area contributed by atoms with Crippen molar-refractivity contribution in [3.8, 4) is 0 Å². The van der Waals surface area contributed by atoms with Crippen LogP contribution >= 0.6 is 22.6 Å². The number of aliphatic hydroxyl groups is 2. The van der Waals surface area contributed by atoms with E-state index < -0.39 is 30.4 Å². The normalized spacial score (nSPS) is 23.6. The minimum absolute atomic E-state index is 0.388. The molecule has 2 aromatic heterocycles. The molecule has 1 amide bonds. The lowest BCUT2D eigenvalue weighted by Gasteiger charge is -2.16. The van der Waals surface area contributed by atoms with Crippen molar-refractivity contribution in [1.29, 1.82) is 0 Å². The molecule has 0 spiro atoms.